The molecule has 0 spiro atoms. The first-order valence-electron chi connectivity index (χ1n) is 10.3. The number of carbonyl (C=O) groups is 2. The number of piperidine rings is 1. The Morgan fingerprint density at radius 2 is 1.73 bits per heavy atom. The number of nitrogens with one attached hydrogen (secondary N) is 1. The molecule has 1 N–H and O–H groups in total. The van der Waals surface area contributed by atoms with Gasteiger partial charge in [0.05, 0.1) is 5.92 Å². The average molecular weight is 357 g/mol. The molecule has 2 aliphatic rings. The fourth-order valence-corrected chi connectivity index (χ4v) is 4.49. The molecule has 1 aromatic carbocycles. The molecule has 4 nitrogen and oxygen atoms in total. The minimum Gasteiger partial charge on any atom is -0.356 e. The lowest BCUT2D eigenvalue weighted by molar-refractivity contribution is -0.139. The summed E-state index contributed by atoms with van der Waals surface area (Å²) in [6, 6.07) is 8.71. The zero-order valence-electron chi connectivity index (χ0n) is 16.2. The van der Waals surface area contributed by atoms with Crippen molar-refractivity contribution in [1.29, 1.82) is 0 Å². The molecule has 1 heterocycles. The third-order valence-corrected chi connectivity index (χ3v) is 6.05. The smallest absolute Gasteiger partial charge is 0.225 e. The Hall–Kier alpha value is -1.84. The van der Waals surface area contributed by atoms with Crippen LogP contribution in [-0.4, -0.2) is 36.3 Å². The van der Waals surface area contributed by atoms with Crippen LogP contribution in [0, 0.1) is 11.8 Å². The minimum atomic E-state index is -0.107. The second kappa shape index (κ2) is 8.70. The molecule has 1 saturated heterocycles. The third-order valence-electron chi connectivity index (χ3n) is 6.05. The van der Waals surface area contributed by atoms with Crippen LogP contribution in [-0.2, 0) is 16.0 Å². The number of hydrogen-bond donors (Lipinski definition) is 1. The summed E-state index contributed by atoms with van der Waals surface area (Å²) in [4.78, 5) is 27.5. The van der Waals surface area contributed by atoms with Crippen molar-refractivity contribution >= 4 is 11.8 Å². The maximum Gasteiger partial charge on any atom is 0.225 e. The predicted molar refractivity (Wildman–Crippen MR) is 104 cm³/mol. The van der Waals surface area contributed by atoms with E-state index in [1.165, 1.54) is 11.1 Å². The molecule has 0 bridgehead atoms. The summed E-state index contributed by atoms with van der Waals surface area (Å²) in [6.45, 7) is 6.06. The second-order valence-electron chi connectivity index (χ2n) is 7.84. The molecule has 3 rings (SSSR count). The molecule has 4 heteroatoms. The van der Waals surface area contributed by atoms with Crippen LogP contribution in [0.5, 0.6) is 0 Å². The van der Waals surface area contributed by atoms with Crippen LogP contribution >= 0.6 is 0 Å². The lowest BCUT2D eigenvalue weighted by Crippen LogP contribution is -2.49. The van der Waals surface area contributed by atoms with E-state index >= 15 is 0 Å². The van der Waals surface area contributed by atoms with E-state index in [4.69, 9.17) is 0 Å². The fourth-order valence-electron chi connectivity index (χ4n) is 4.49. The van der Waals surface area contributed by atoms with Crippen LogP contribution in [0.15, 0.2) is 24.3 Å². The SMILES string of the molecule is CCNC(=O)C1CC(c2ccc(CC)cc2)CN(C(=O)C2CCCC2)C1. The average Bonchev–Trinajstić information content (AvgIpc) is 3.22. The molecule has 1 saturated carbocycles. The molecule has 0 radical (unpaired) electrons. The molecule has 1 aromatic rings. The van der Waals surface area contributed by atoms with Gasteiger partial charge < -0.3 is 10.2 Å². The number of carbonyl (C=O) groups excluding carboxylic acids is 2. The van der Waals surface area contributed by atoms with E-state index in [-0.39, 0.29) is 29.6 Å². The molecular formula is C22H32N2O2. The summed E-state index contributed by atoms with van der Waals surface area (Å²) in [5.41, 5.74) is 2.57. The molecule has 1 aliphatic carbocycles. The van der Waals surface area contributed by atoms with Crippen molar-refractivity contribution < 1.29 is 9.59 Å². The number of rotatable bonds is 5. The van der Waals surface area contributed by atoms with E-state index in [1.807, 2.05) is 11.8 Å². The largest absolute Gasteiger partial charge is 0.356 e. The Morgan fingerprint density at radius 3 is 2.35 bits per heavy atom. The summed E-state index contributed by atoms with van der Waals surface area (Å²) < 4.78 is 0. The van der Waals surface area contributed by atoms with Gasteiger partial charge in [0, 0.05) is 31.5 Å². The monoisotopic (exact) mass is 356 g/mol. The van der Waals surface area contributed by atoms with Gasteiger partial charge in [0.1, 0.15) is 0 Å². The van der Waals surface area contributed by atoms with Crippen molar-refractivity contribution in [2.45, 2.75) is 58.3 Å². The van der Waals surface area contributed by atoms with Gasteiger partial charge >= 0.3 is 0 Å². The zero-order valence-corrected chi connectivity index (χ0v) is 16.2. The fraction of sp³-hybridized carbons (Fsp3) is 0.636. The van der Waals surface area contributed by atoms with Crippen molar-refractivity contribution in [2.75, 3.05) is 19.6 Å². The van der Waals surface area contributed by atoms with Gasteiger partial charge in [-0.15, -0.1) is 0 Å². The molecule has 26 heavy (non-hydrogen) atoms. The van der Waals surface area contributed by atoms with E-state index in [0.29, 0.717) is 13.1 Å². The Labute approximate surface area is 157 Å². The Balaban J connectivity index is 1.78. The first kappa shape index (κ1) is 18.9. The van der Waals surface area contributed by atoms with E-state index in [1.54, 1.807) is 0 Å². The van der Waals surface area contributed by atoms with Crippen LogP contribution in [0.1, 0.15) is 63.0 Å². The number of amides is 2. The normalized spacial score (nSPS) is 23.8. The lowest BCUT2D eigenvalue weighted by atomic mass is 9.83. The van der Waals surface area contributed by atoms with Gasteiger partial charge in [-0.25, -0.2) is 0 Å². The van der Waals surface area contributed by atoms with E-state index in [0.717, 1.165) is 45.1 Å². The lowest BCUT2D eigenvalue weighted by Gasteiger charge is -2.38. The number of likely N-dealkylation sites (tertiary alicyclic amines) is 1. The highest BCUT2D eigenvalue weighted by atomic mass is 16.2. The topological polar surface area (TPSA) is 49.4 Å². The van der Waals surface area contributed by atoms with E-state index < -0.39 is 0 Å². The van der Waals surface area contributed by atoms with Gasteiger partial charge in [-0.05, 0) is 43.7 Å². The van der Waals surface area contributed by atoms with Crippen molar-refractivity contribution in [3.63, 3.8) is 0 Å². The summed E-state index contributed by atoms with van der Waals surface area (Å²) in [5.74, 6) is 0.668. The summed E-state index contributed by atoms with van der Waals surface area (Å²) >= 11 is 0. The van der Waals surface area contributed by atoms with E-state index in [9.17, 15) is 9.59 Å². The highest BCUT2D eigenvalue weighted by molar-refractivity contribution is 5.82. The van der Waals surface area contributed by atoms with Crippen LogP contribution in [0.25, 0.3) is 0 Å². The maximum atomic E-state index is 13.0. The maximum absolute atomic E-state index is 13.0. The molecular weight excluding hydrogens is 324 g/mol. The quantitative estimate of drug-likeness (QED) is 0.878. The highest BCUT2D eigenvalue weighted by Crippen LogP contribution is 2.34. The standard InChI is InChI=1S/C22H32N2O2/c1-3-16-9-11-17(12-10-16)19-13-20(21(25)23-4-2)15-24(14-19)22(26)18-7-5-6-8-18/h9-12,18-20H,3-8,13-15H2,1-2H3,(H,23,25). The zero-order chi connectivity index (χ0) is 18.5. The van der Waals surface area contributed by atoms with Gasteiger partial charge in [0.15, 0.2) is 0 Å². The van der Waals surface area contributed by atoms with E-state index in [2.05, 4.69) is 36.5 Å². The molecule has 1 aliphatic heterocycles. The molecule has 142 valence electrons. The van der Waals surface area contributed by atoms with Crippen molar-refractivity contribution in [3.05, 3.63) is 35.4 Å². The van der Waals surface area contributed by atoms with Crippen molar-refractivity contribution in [3.8, 4) is 0 Å². The van der Waals surface area contributed by atoms with Gasteiger partial charge in [0.25, 0.3) is 0 Å². The Bertz CT molecular complexity index is 620. The van der Waals surface area contributed by atoms with Crippen LogP contribution in [0.4, 0.5) is 0 Å². The molecule has 2 atom stereocenters. The number of nitrogens with zero attached hydrogens (tertiary/aromatic N) is 1. The number of hydrogen-bond acceptors (Lipinski definition) is 2. The molecule has 2 amide bonds. The summed E-state index contributed by atoms with van der Waals surface area (Å²) in [6.07, 6.45) is 6.19. The molecule has 0 aromatic heterocycles. The third kappa shape index (κ3) is 4.28. The van der Waals surface area contributed by atoms with Crippen molar-refractivity contribution in [2.24, 2.45) is 11.8 Å². The molecule has 2 fully saturated rings. The summed E-state index contributed by atoms with van der Waals surface area (Å²) in [5, 5.41) is 2.96. The van der Waals surface area contributed by atoms with Crippen molar-refractivity contribution in [1.82, 2.24) is 10.2 Å². The van der Waals surface area contributed by atoms with Gasteiger partial charge in [-0.2, -0.15) is 0 Å². The van der Waals surface area contributed by atoms with Crippen LogP contribution in [0.3, 0.4) is 0 Å². The Morgan fingerprint density at radius 1 is 1.04 bits per heavy atom. The van der Waals surface area contributed by atoms with Gasteiger partial charge in [-0.3, -0.25) is 9.59 Å². The van der Waals surface area contributed by atoms with Gasteiger partial charge in [0.2, 0.25) is 11.8 Å². The Kier molecular flexibility index (Phi) is 6.33. The second-order valence-corrected chi connectivity index (χ2v) is 7.84. The van der Waals surface area contributed by atoms with Gasteiger partial charge in [-0.1, -0.05) is 44.0 Å². The highest BCUT2D eigenvalue weighted by Gasteiger charge is 2.37. The van der Waals surface area contributed by atoms with Crippen LogP contribution < -0.4 is 5.32 Å². The molecule has 2 unspecified atom stereocenters. The predicted octanol–water partition coefficient (Wildman–Crippen LogP) is 3.51. The minimum absolute atomic E-state index is 0.0894. The van der Waals surface area contributed by atoms with Crippen LogP contribution in [0.2, 0.25) is 0 Å². The summed E-state index contributed by atoms with van der Waals surface area (Å²) in [7, 11) is 0. The number of aryl methyl sites for hydroxylation is 1. The first-order valence-corrected chi connectivity index (χ1v) is 10.3. The first-order chi connectivity index (χ1) is 12.6. The number of benzene rings is 1.